The Kier molecular flexibility index (Phi) is 3.72. The highest BCUT2D eigenvalue weighted by molar-refractivity contribution is 7.78. The molecule has 0 aromatic heterocycles. The van der Waals surface area contributed by atoms with E-state index in [1.165, 1.54) is 12.0 Å². The first kappa shape index (κ1) is 13.5. The molecular formula is C15H17NO3S. The Balaban J connectivity index is 2.03. The molecule has 0 aliphatic heterocycles. The Morgan fingerprint density at radius 3 is 2.60 bits per heavy atom. The van der Waals surface area contributed by atoms with Crippen molar-refractivity contribution in [1.29, 1.82) is 0 Å². The zero-order valence-electron chi connectivity index (χ0n) is 11.2. The van der Waals surface area contributed by atoms with Crippen molar-refractivity contribution in [2.45, 2.75) is 38.5 Å². The monoisotopic (exact) mass is 291 g/mol. The first-order valence-electron chi connectivity index (χ1n) is 6.88. The molecule has 2 aliphatic carbocycles. The van der Waals surface area contributed by atoms with Gasteiger partial charge in [0, 0.05) is 6.42 Å². The summed E-state index contributed by atoms with van der Waals surface area (Å²) in [5, 5.41) is 5.13. The normalized spacial score (nSPS) is 19.9. The molecule has 5 heteroatoms. The molecule has 0 bridgehead atoms. The van der Waals surface area contributed by atoms with Crippen molar-refractivity contribution in [2.75, 3.05) is 0 Å². The van der Waals surface area contributed by atoms with Crippen LogP contribution in [0.3, 0.4) is 0 Å². The molecule has 106 valence electrons. The summed E-state index contributed by atoms with van der Waals surface area (Å²) in [6.45, 7) is 0. The van der Waals surface area contributed by atoms with E-state index < -0.39 is 11.3 Å². The maximum absolute atomic E-state index is 12.3. The van der Waals surface area contributed by atoms with Crippen LogP contribution in [0.2, 0.25) is 0 Å². The third-order valence-electron chi connectivity index (χ3n) is 3.99. The van der Waals surface area contributed by atoms with Crippen molar-refractivity contribution in [2.24, 2.45) is 5.14 Å². The average molecular weight is 291 g/mol. The predicted molar refractivity (Wildman–Crippen MR) is 78.1 cm³/mol. The summed E-state index contributed by atoms with van der Waals surface area (Å²) in [6, 6.07) is 5.52. The second kappa shape index (κ2) is 5.50. The summed E-state index contributed by atoms with van der Waals surface area (Å²) in [4.78, 5) is 12.3. The lowest BCUT2D eigenvalue weighted by Crippen LogP contribution is -2.16. The van der Waals surface area contributed by atoms with Gasteiger partial charge in [0.2, 0.25) is 0 Å². The second-order valence-electron chi connectivity index (χ2n) is 5.28. The highest BCUT2D eigenvalue weighted by atomic mass is 32.2. The molecule has 0 spiro atoms. The maximum Gasteiger partial charge on any atom is 0.285 e. The molecule has 1 unspecified atom stereocenters. The van der Waals surface area contributed by atoms with E-state index in [0.717, 1.165) is 42.4 Å². The van der Waals surface area contributed by atoms with Crippen LogP contribution >= 0.6 is 0 Å². The minimum absolute atomic E-state index is 0.223. The van der Waals surface area contributed by atoms with E-state index in [4.69, 9.17) is 9.32 Å². The van der Waals surface area contributed by atoms with Gasteiger partial charge in [0.05, 0.1) is 0 Å². The van der Waals surface area contributed by atoms with E-state index in [1.807, 2.05) is 6.07 Å². The Hall–Kier alpha value is -1.46. The van der Waals surface area contributed by atoms with Gasteiger partial charge < -0.3 is 4.18 Å². The van der Waals surface area contributed by atoms with Crippen molar-refractivity contribution in [3.05, 3.63) is 34.9 Å². The van der Waals surface area contributed by atoms with E-state index in [0.29, 0.717) is 12.2 Å². The lowest BCUT2D eigenvalue weighted by molar-refractivity contribution is -0.115. The van der Waals surface area contributed by atoms with Gasteiger partial charge in [-0.05, 0) is 60.1 Å². The number of carbonyl (C=O) groups is 1. The van der Waals surface area contributed by atoms with Crippen molar-refractivity contribution >= 4 is 22.6 Å². The first-order valence-corrected chi connectivity index (χ1v) is 8.02. The number of fused-ring (bicyclic) bond motifs is 2. The molecule has 0 fully saturated rings. The zero-order chi connectivity index (χ0) is 14.1. The summed E-state index contributed by atoms with van der Waals surface area (Å²) in [6.07, 6.45) is 5.70. The smallest absolute Gasteiger partial charge is 0.285 e. The van der Waals surface area contributed by atoms with Gasteiger partial charge in [-0.25, -0.2) is 5.14 Å². The van der Waals surface area contributed by atoms with Crippen LogP contribution in [0.15, 0.2) is 23.8 Å². The molecule has 3 rings (SSSR count). The van der Waals surface area contributed by atoms with E-state index in [9.17, 15) is 9.00 Å². The molecule has 1 atom stereocenters. The average Bonchev–Trinajstić information content (AvgIpc) is 2.64. The van der Waals surface area contributed by atoms with Gasteiger partial charge in [0.1, 0.15) is 5.75 Å². The number of benzene rings is 1. The number of hydrogen-bond donors (Lipinski definition) is 1. The summed E-state index contributed by atoms with van der Waals surface area (Å²) in [5.41, 5.74) is 4.33. The summed E-state index contributed by atoms with van der Waals surface area (Å²) >= 11 is -1.83. The third kappa shape index (κ3) is 2.55. The van der Waals surface area contributed by atoms with Gasteiger partial charge in [-0.15, -0.1) is 0 Å². The standard InChI is InChI=1S/C15H17NO3S/c16-20(18)19-11-6-7-12-10(8-11)9-15(17)14-5-3-1-2-4-13(12)14/h6-8H,1-5,9,16H2. The van der Waals surface area contributed by atoms with Gasteiger partial charge in [0.15, 0.2) is 5.78 Å². The SMILES string of the molecule is NS(=O)Oc1ccc2c(c1)CC(=O)C1=C2CCCCC1. The molecule has 1 aromatic rings. The molecule has 20 heavy (non-hydrogen) atoms. The zero-order valence-corrected chi connectivity index (χ0v) is 12.0. The highest BCUT2D eigenvalue weighted by Gasteiger charge is 2.26. The van der Waals surface area contributed by atoms with Crippen LogP contribution in [0.4, 0.5) is 0 Å². The van der Waals surface area contributed by atoms with Crippen LogP contribution in [0.1, 0.15) is 43.2 Å². The Labute approximate surface area is 120 Å². The molecule has 0 saturated carbocycles. The van der Waals surface area contributed by atoms with E-state index in [1.54, 1.807) is 12.1 Å². The minimum Gasteiger partial charge on any atom is -0.389 e. The number of ketones is 1. The lowest BCUT2D eigenvalue weighted by Gasteiger charge is -2.21. The fraction of sp³-hybridized carbons (Fsp3) is 0.400. The van der Waals surface area contributed by atoms with Gasteiger partial charge in [0.25, 0.3) is 11.3 Å². The van der Waals surface area contributed by atoms with Crippen LogP contribution in [-0.2, 0) is 22.5 Å². The van der Waals surface area contributed by atoms with Gasteiger partial charge in [-0.2, -0.15) is 4.21 Å². The van der Waals surface area contributed by atoms with Gasteiger partial charge in [-0.3, -0.25) is 4.79 Å². The molecule has 1 aromatic carbocycles. The number of nitrogens with two attached hydrogens (primary N) is 1. The molecular weight excluding hydrogens is 274 g/mol. The molecule has 0 saturated heterocycles. The molecule has 0 radical (unpaired) electrons. The molecule has 4 nitrogen and oxygen atoms in total. The molecule has 2 N–H and O–H groups in total. The number of Topliss-reactive ketones (excluding diaryl/α,β-unsaturated/α-hetero) is 1. The first-order chi connectivity index (χ1) is 9.65. The number of carbonyl (C=O) groups excluding carboxylic acids is 1. The Morgan fingerprint density at radius 2 is 1.85 bits per heavy atom. The largest absolute Gasteiger partial charge is 0.389 e. The highest BCUT2D eigenvalue weighted by Crippen LogP contribution is 2.38. The topological polar surface area (TPSA) is 69.4 Å². The van der Waals surface area contributed by atoms with Crippen molar-refractivity contribution < 1.29 is 13.2 Å². The Morgan fingerprint density at radius 1 is 1.10 bits per heavy atom. The molecule has 0 heterocycles. The van der Waals surface area contributed by atoms with Crippen molar-refractivity contribution in [3.8, 4) is 5.75 Å². The maximum atomic E-state index is 12.3. The van der Waals surface area contributed by atoms with Crippen molar-refractivity contribution in [3.63, 3.8) is 0 Å². The summed E-state index contributed by atoms with van der Waals surface area (Å²) in [5.74, 6) is 0.676. The van der Waals surface area contributed by atoms with Crippen LogP contribution < -0.4 is 9.32 Å². The van der Waals surface area contributed by atoms with E-state index in [-0.39, 0.29) is 5.78 Å². The Bertz CT molecular complexity index is 622. The van der Waals surface area contributed by atoms with Crippen LogP contribution in [0.5, 0.6) is 5.75 Å². The number of hydrogen-bond acceptors (Lipinski definition) is 3. The number of allylic oxidation sites excluding steroid dienone is 2. The van der Waals surface area contributed by atoms with Gasteiger partial charge in [-0.1, -0.05) is 12.5 Å². The minimum atomic E-state index is -1.83. The predicted octanol–water partition coefficient (Wildman–Crippen LogP) is 2.45. The molecule has 0 amide bonds. The van der Waals surface area contributed by atoms with Gasteiger partial charge >= 0.3 is 0 Å². The van der Waals surface area contributed by atoms with Crippen molar-refractivity contribution in [1.82, 2.24) is 0 Å². The lowest BCUT2D eigenvalue weighted by atomic mass is 9.82. The van der Waals surface area contributed by atoms with Crippen LogP contribution in [-0.4, -0.2) is 9.99 Å². The molecule has 2 aliphatic rings. The third-order valence-corrected chi connectivity index (χ3v) is 4.34. The van der Waals surface area contributed by atoms with Crippen LogP contribution in [0.25, 0.3) is 5.57 Å². The quantitative estimate of drug-likeness (QED) is 0.910. The summed E-state index contributed by atoms with van der Waals surface area (Å²) in [7, 11) is 0. The van der Waals surface area contributed by atoms with Crippen LogP contribution in [0, 0.1) is 0 Å². The fourth-order valence-electron chi connectivity index (χ4n) is 3.12. The van der Waals surface area contributed by atoms with E-state index >= 15 is 0 Å². The van der Waals surface area contributed by atoms with E-state index in [2.05, 4.69) is 0 Å². The second-order valence-corrected chi connectivity index (χ2v) is 5.97. The summed E-state index contributed by atoms with van der Waals surface area (Å²) < 4.78 is 15.9. The fourth-order valence-corrected chi connectivity index (χ4v) is 3.42. The number of rotatable bonds is 2.